The second kappa shape index (κ2) is 6.97. The molecule has 3 aromatic rings. The summed E-state index contributed by atoms with van der Waals surface area (Å²) in [7, 11) is 0. The molecule has 0 bridgehead atoms. The van der Waals surface area contributed by atoms with E-state index in [2.05, 4.69) is 26.3 Å². The van der Waals surface area contributed by atoms with Crippen molar-refractivity contribution in [1.82, 2.24) is 10.4 Å². The third kappa shape index (κ3) is 3.56. The summed E-state index contributed by atoms with van der Waals surface area (Å²) >= 11 is 5.17. The van der Waals surface area contributed by atoms with Crippen molar-refractivity contribution in [3.05, 3.63) is 59.0 Å². The van der Waals surface area contributed by atoms with Crippen LogP contribution in [-0.2, 0) is 0 Å². The Bertz CT molecular complexity index is 952. The zero-order valence-corrected chi connectivity index (χ0v) is 13.6. The number of anilines is 2. The Morgan fingerprint density at radius 2 is 1.84 bits per heavy atom. The lowest BCUT2D eigenvalue weighted by Gasteiger charge is -2.12. The van der Waals surface area contributed by atoms with Gasteiger partial charge in [0.05, 0.1) is 5.52 Å². The number of nitrogens with one attached hydrogen (secondary N) is 4. The largest absolute Gasteiger partial charge is 0.493 e. The Labute approximate surface area is 147 Å². The first-order valence-corrected chi connectivity index (χ1v) is 7.60. The molecule has 8 nitrogen and oxygen atoms in total. The van der Waals surface area contributed by atoms with Gasteiger partial charge in [-0.1, -0.05) is 18.2 Å². The molecule has 0 fully saturated rings. The number of aromatic amines is 1. The first kappa shape index (κ1) is 16.4. The number of fused-ring (bicyclic) bond motifs is 1. The lowest BCUT2D eigenvalue weighted by atomic mass is 10.2. The number of nitroso groups, excluding NO2 is 1. The second-order valence-corrected chi connectivity index (χ2v) is 5.48. The maximum Gasteiger partial charge on any atom is 0.316 e. The fourth-order valence-corrected chi connectivity index (χ4v) is 2.45. The van der Waals surface area contributed by atoms with Crippen molar-refractivity contribution in [3.63, 3.8) is 0 Å². The predicted molar refractivity (Wildman–Crippen MR) is 99.5 cm³/mol. The highest BCUT2D eigenvalue weighted by Gasteiger charge is 2.10. The molecule has 0 aliphatic rings. The third-order valence-corrected chi connectivity index (χ3v) is 3.66. The third-order valence-electron chi connectivity index (χ3n) is 3.46. The van der Waals surface area contributed by atoms with E-state index in [0.29, 0.717) is 11.4 Å². The van der Waals surface area contributed by atoms with Gasteiger partial charge in [-0.05, 0) is 42.5 Å². The molecule has 0 unspecified atom stereocenters. The minimum absolute atomic E-state index is 0.0132. The van der Waals surface area contributed by atoms with Gasteiger partial charge in [-0.25, -0.2) is 0 Å². The number of thiocarbonyl (C=S) groups is 1. The van der Waals surface area contributed by atoms with Crippen molar-refractivity contribution in [1.29, 1.82) is 0 Å². The van der Waals surface area contributed by atoms with E-state index in [1.165, 1.54) is 12.1 Å². The molecule has 1 amide bonds. The van der Waals surface area contributed by atoms with Crippen molar-refractivity contribution in [3.8, 4) is 5.88 Å². The summed E-state index contributed by atoms with van der Waals surface area (Å²) in [4.78, 5) is 24.2. The van der Waals surface area contributed by atoms with Gasteiger partial charge in [-0.15, -0.1) is 4.91 Å². The van der Waals surface area contributed by atoms with Crippen molar-refractivity contribution in [2.75, 3.05) is 10.7 Å². The molecule has 0 aliphatic carbocycles. The molecule has 9 heteroatoms. The summed E-state index contributed by atoms with van der Waals surface area (Å²) < 4.78 is 0. The van der Waals surface area contributed by atoms with Gasteiger partial charge in [0.25, 0.3) is 0 Å². The fourth-order valence-electron chi connectivity index (χ4n) is 2.28. The molecule has 0 spiro atoms. The van der Waals surface area contributed by atoms with E-state index in [1.807, 2.05) is 24.3 Å². The molecule has 3 rings (SSSR count). The van der Waals surface area contributed by atoms with Crippen molar-refractivity contribution in [2.45, 2.75) is 0 Å². The number of nitrogens with zero attached hydrogens (tertiary/aromatic N) is 1. The van der Waals surface area contributed by atoms with Crippen molar-refractivity contribution in [2.24, 2.45) is 5.18 Å². The molecular formula is C16H13N5O3S. The van der Waals surface area contributed by atoms with Crippen molar-refractivity contribution >= 4 is 45.5 Å². The summed E-state index contributed by atoms with van der Waals surface area (Å²) in [6.45, 7) is 0. The van der Waals surface area contributed by atoms with E-state index in [9.17, 15) is 14.8 Å². The number of hydrogen-bond acceptors (Lipinski definition) is 5. The molecule has 5 N–H and O–H groups in total. The molecule has 0 aliphatic heterocycles. The Hall–Kier alpha value is -3.46. The normalized spacial score (nSPS) is 10.2. The van der Waals surface area contributed by atoms with Crippen LogP contribution in [0.4, 0.5) is 11.4 Å². The van der Waals surface area contributed by atoms with E-state index in [0.717, 1.165) is 10.9 Å². The van der Waals surface area contributed by atoms with Crippen LogP contribution in [0.2, 0.25) is 0 Å². The zero-order chi connectivity index (χ0) is 17.8. The molecule has 0 saturated heterocycles. The number of aromatic nitrogens is 1. The molecule has 25 heavy (non-hydrogen) atoms. The van der Waals surface area contributed by atoms with E-state index in [-0.39, 0.29) is 16.6 Å². The molecule has 1 aromatic heterocycles. The van der Waals surface area contributed by atoms with Crippen LogP contribution in [0.15, 0.2) is 53.7 Å². The second-order valence-electron chi connectivity index (χ2n) is 5.07. The highest BCUT2D eigenvalue weighted by molar-refractivity contribution is 7.80. The monoisotopic (exact) mass is 355 g/mol. The van der Waals surface area contributed by atoms with E-state index in [4.69, 9.17) is 12.2 Å². The lowest BCUT2D eigenvalue weighted by Crippen LogP contribution is -2.33. The number of amides is 1. The number of H-pyrrole nitrogens is 1. The SMILES string of the molecule is O=NC(=O)c1ccc(NC(=S)NNc2c(O)[nH]c3ccccc23)cc1. The standard InChI is InChI=1S/C16H13N5O3S/c22-14(21-24)9-5-7-10(8-6-9)17-16(25)20-19-13-11-3-1-2-4-12(11)18-15(13)23/h1-8,18-19,23H,(H2,17,20,25). The predicted octanol–water partition coefficient (Wildman–Crippen LogP) is 3.09. The highest BCUT2D eigenvalue weighted by atomic mass is 32.1. The number of para-hydroxylation sites is 1. The number of carbonyl (C=O) groups is 1. The number of benzene rings is 2. The average molecular weight is 355 g/mol. The van der Waals surface area contributed by atoms with Gasteiger partial charge in [0.1, 0.15) is 5.69 Å². The summed E-state index contributed by atoms with van der Waals surface area (Å²) in [6.07, 6.45) is 0. The minimum Gasteiger partial charge on any atom is -0.493 e. The maximum atomic E-state index is 11.1. The van der Waals surface area contributed by atoms with Crippen LogP contribution >= 0.6 is 12.2 Å². The highest BCUT2D eigenvalue weighted by Crippen LogP contribution is 2.31. The Morgan fingerprint density at radius 3 is 2.56 bits per heavy atom. The van der Waals surface area contributed by atoms with Crippen LogP contribution in [0, 0.1) is 4.91 Å². The van der Waals surface area contributed by atoms with Gasteiger partial charge < -0.3 is 15.4 Å². The quantitative estimate of drug-likeness (QED) is 0.277. The van der Waals surface area contributed by atoms with Crippen LogP contribution in [0.5, 0.6) is 5.88 Å². The van der Waals surface area contributed by atoms with Crippen LogP contribution in [-0.4, -0.2) is 21.1 Å². The van der Waals surface area contributed by atoms with Gasteiger partial charge in [-0.3, -0.25) is 15.6 Å². The summed E-state index contributed by atoms with van der Waals surface area (Å²) in [5.74, 6) is -0.843. The van der Waals surface area contributed by atoms with Crippen LogP contribution in [0.1, 0.15) is 10.4 Å². The molecular weight excluding hydrogens is 342 g/mol. The molecule has 126 valence electrons. The van der Waals surface area contributed by atoms with E-state index in [1.54, 1.807) is 12.1 Å². The molecule has 0 saturated carbocycles. The summed E-state index contributed by atoms with van der Waals surface area (Å²) in [5, 5.41) is 16.3. The van der Waals surface area contributed by atoms with Crippen molar-refractivity contribution < 1.29 is 9.90 Å². The van der Waals surface area contributed by atoms with Gasteiger partial charge in [-0.2, -0.15) is 0 Å². The molecule has 0 radical (unpaired) electrons. The lowest BCUT2D eigenvalue weighted by molar-refractivity contribution is 0.100. The number of carbonyl (C=O) groups excluding carboxylic acids is 1. The average Bonchev–Trinajstić information content (AvgIpc) is 2.95. The Balaban J connectivity index is 1.63. The number of rotatable bonds is 4. The summed E-state index contributed by atoms with van der Waals surface area (Å²) in [5.41, 5.74) is 7.69. The number of aromatic hydroxyl groups is 1. The van der Waals surface area contributed by atoms with E-state index >= 15 is 0 Å². The van der Waals surface area contributed by atoms with Gasteiger partial charge in [0, 0.05) is 21.8 Å². The van der Waals surface area contributed by atoms with Gasteiger partial charge in [0.15, 0.2) is 5.11 Å². The smallest absolute Gasteiger partial charge is 0.316 e. The van der Waals surface area contributed by atoms with Crippen LogP contribution in [0.3, 0.4) is 0 Å². The Morgan fingerprint density at radius 1 is 1.12 bits per heavy atom. The van der Waals surface area contributed by atoms with Gasteiger partial charge >= 0.3 is 5.91 Å². The topological polar surface area (TPSA) is 119 Å². The zero-order valence-electron chi connectivity index (χ0n) is 12.7. The molecule has 1 heterocycles. The first-order valence-electron chi connectivity index (χ1n) is 7.19. The minimum atomic E-state index is -0.830. The molecule has 2 aromatic carbocycles. The van der Waals surface area contributed by atoms with Crippen LogP contribution < -0.4 is 16.2 Å². The fraction of sp³-hybridized carbons (Fsp3) is 0. The van der Waals surface area contributed by atoms with Gasteiger partial charge in [0.2, 0.25) is 5.88 Å². The Kier molecular flexibility index (Phi) is 4.57. The number of hydrazine groups is 1. The van der Waals surface area contributed by atoms with E-state index < -0.39 is 5.91 Å². The maximum absolute atomic E-state index is 11.1. The van der Waals surface area contributed by atoms with Crippen LogP contribution in [0.25, 0.3) is 10.9 Å². The summed E-state index contributed by atoms with van der Waals surface area (Å²) in [6, 6.07) is 13.5. The molecule has 0 atom stereocenters. The first-order chi connectivity index (χ1) is 12.1. The number of hydrogen-bond donors (Lipinski definition) is 5.